The lowest BCUT2D eigenvalue weighted by molar-refractivity contribution is 0.0997. The smallest absolute Gasteiger partial charge is 0.291 e. The van der Waals surface area contributed by atoms with Gasteiger partial charge in [-0.25, -0.2) is 0 Å². The quantitative estimate of drug-likeness (QED) is 0.785. The van der Waals surface area contributed by atoms with E-state index in [-0.39, 0.29) is 11.2 Å². The molecule has 1 heterocycles. The molecule has 4 heteroatoms. The van der Waals surface area contributed by atoms with Crippen molar-refractivity contribution in [1.82, 2.24) is 0 Å². The minimum atomic E-state index is -0.432. The minimum Gasteiger partial charge on any atom is -0.450 e. The highest BCUT2D eigenvalue weighted by Gasteiger charge is 2.14. The second-order valence-electron chi connectivity index (χ2n) is 5.94. The van der Waals surface area contributed by atoms with E-state index < -0.39 is 5.91 Å². The maximum Gasteiger partial charge on any atom is 0.291 e. The molecule has 122 valence electrons. The van der Waals surface area contributed by atoms with Crippen LogP contribution in [-0.4, -0.2) is 5.91 Å². The summed E-state index contributed by atoms with van der Waals surface area (Å²) in [5, 5.41) is 3.26. The molecule has 0 atom stereocenters. The Balaban J connectivity index is 1.96. The van der Waals surface area contributed by atoms with Crippen LogP contribution in [-0.2, 0) is 6.42 Å². The van der Waals surface area contributed by atoms with E-state index in [2.05, 4.69) is 12.2 Å². The first-order valence-electron chi connectivity index (χ1n) is 7.93. The van der Waals surface area contributed by atoms with Crippen molar-refractivity contribution in [1.29, 1.82) is 0 Å². The maximum absolute atomic E-state index is 12.4. The second kappa shape index (κ2) is 6.32. The van der Waals surface area contributed by atoms with Gasteiger partial charge in [0.05, 0.1) is 5.39 Å². The molecule has 1 amide bonds. The molecule has 0 fully saturated rings. The van der Waals surface area contributed by atoms with Crippen molar-refractivity contribution in [3.8, 4) is 0 Å². The van der Waals surface area contributed by atoms with Gasteiger partial charge in [-0.3, -0.25) is 9.59 Å². The Labute approximate surface area is 140 Å². The van der Waals surface area contributed by atoms with E-state index in [1.54, 1.807) is 6.07 Å². The fourth-order valence-electron chi connectivity index (χ4n) is 2.74. The number of carbonyl (C=O) groups excluding carboxylic acids is 1. The fraction of sp³-hybridized carbons (Fsp3) is 0.200. The zero-order chi connectivity index (χ0) is 17.3. The van der Waals surface area contributed by atoms with Crippen molar-refractivity contribution < 1.29 is 9.21 Å². The summed E-state index contributed by atoms with van der Waals surface area (Å²) in [6, 6.07) is 12.5. The molecule has 1 N–H and O–H groups in total. The summed E-state index contributed by atoms with van der Waals surface area (Å²) >= 11 is 0. The van der Waals surface area contributed by atoms with Crippen LogP contribution in [0, 0.1) is 13.8 Å². The van der Waals surface area contributed by atoms with Crippen LogP contribution in [0.2, 0.25) is 0 Å². The number of amides is 1. The third kappa shape index (κ3) is 3.08. The molecule has 0 spiro atoms. The van der Waals surface area contributed by atoms with E-state index in [0.29, 0.717) is 16.7 Å². The standard InChI is InChI=1S/C20H19NO3/c1-4-14-5-7-15(8-6-14)21-20(23)18-11-17(22)16-10-12(2)9-13(3)19(16)24-18/h5-11H,4H2,1-3H3,(H,21,23). The maximum atomic E-state index is 12.4. The van der Waals surface area contributed by atoms with E-state index in [1.807, 2.05) is 44.2 Å². The first-order valence-corrected chi connectivity index (χ1v) is 7.93. The average molecular weight is 321 g/mol. The summed E-state index contributed by atoms with van der Waals surface area (Å²) in [5.74, 6) is -0.419. The first-order chi connectivity index (χ1) is 11.5. The topological polar surface area (TPSA) is 59.3 Å². The van der Waals surface area contributed by atoms with Gasteiger partial charge in [0.1, 0.15) is 5.58 Å². The van der Waals surface area contributed by atoms with Gasteiger partial charge in [0.25, 0.3) is 5.91 Å². The van der Waals surface area contributed by atoms with Gasteiger partial charge in [-0.05, 0) is 55.2 Å². The highest BCUT2D eigenvalue weighted by Crippen LogP contribution is 2.20. The average Bonchev–Trinajstić information content (AvgIpc) is 2.56. The number of carbonyl (C=O) groups is 1. The summed E-state index contributed by atoms with van der Waals surface area (Å²) in [7, 11) is 0. The zero-order valence-corrected chi connectivity index (χ0v) is 14.0. The largest absolute Gasteiger partial charge is 0.450 e. The fourth-order valence-corrected chi connectivity index (χ4v) is 2.74. The van der Waals surface area contributed by atoms with E-state index in [0.717, 1.165) is 17.5 Å². The van der Waals surface area contributed by atoms with E-state index in [4.69, 9.17) is 4.42 Å². The van der Waals surface area contributed by atoms with Gasteiger partial charge >= 0.3 is 0 Å². The number of anilines is 1. The molecule has 2 aromatic carbocycles. The van der Waals surface area contributed by atoms with Gasteiger partial charge in [-0.2, -0.15) is 0 Å². The second-order valence-corrected chi connectivity index (χ2v) is 5.94. The molecule has 24 heavy (non-hydrogen) atoms. The van der Waals surface area contributed by atoms with E-state index >= 15 is 0 Å². The molecule has 0 aliphatic carbocycles. The highest BCUT2D eigenvalue weighted by atomic mass is 16.3. The van der Waals surface area contributed by atoms with Crippen molar-refractivity contribution in [2.24, 2.45) is 0 Å². The third-order valence-electron chi connectivity index (χ3n) is 4.00. The van der Waals surface area contributed by atoms with Crippen molar-refractivity contribution in [2.75, 3.05) is 5.32 Å². The lowest BCUT2D eigenvalue weighted by atomic mass is 10.1. The Kier molecular flexibility index (Phi) is 4.21. The number of rotatable bonds is 3. The van der Waals surface area contributed by atoms with Crippen LogP contribution in [0.4, 0.5) is 5.69 Å². The van der Waals surface area contributed by atoms with Gasteiger partial charge in [-0.1, -0.05) is 25.1 Å². The number of benzene rings is 2. The number of hydrogen-bond acceptors (Lipinski definition) is 3. The normalized spacial score (nSPS) is 10.8. The number of fused-ring (bicyclic) bond motifs is 1. The number of aryl methyl sites for hydroxylation is 3. The van der Waals surface area contributed by atoms with Gasteiger partial charge in [0.15, 0.2) is 11.2 Å². The molecular weight excluding hydrogens is 302 g/mol. The van der Waals surface area contributed by atoms with Crippen LogP contribution >= 0.6 is 0 Å². The summed E-state index contributed by atoms with van der Waals surface area (Å²) in [4.78, 5) is 24.7. The SMILES string of the molecule is CCc1ccc(NC(=O)c2cc(=O)c3cc(C)cc(C)c3o2)cc1. The van der Waals surface area contributed by atoms with Crippen LogP contribution in [0.1, 0.15) is 34.2 Å². The predicted molar refractivity (Wildman–Crippen MR) is 95.7 cm³/mol. The van der Waals surface area contributed by atoms with E-state index in [9.17, 15) is 9.59 Å². The molecule has 0 aliphatic rings. The molecule has 0 bridgehead atoms. The van der Waals surface area contributed by atoms with Gasteiger partial charge in [0.2, 0.25) is 0 Å². The summed E-state index contributed by atoms with van der Waals surface area (Å²) in [6.07, 6.45) is 0.937. The summed E-state index contributed by atoms with van der Waals surface area (Å²) in [5.41, 5.74) is 3.93. The Hall–Kier alpha value is -2.88. The van der Waals surface area contributed by atoms with Crippen molar-refractivity contribution >= 4 is 22.6 Å². The monoisotopic (exact) mass is 321 g/mol. The summed E-state index contributed by atoms with van der Waals surface area (Å²) in [6.45, 7) is 5.86. The molecule has 1 aromatic heterocycles. The Morgan fingerprint density at radius 2 is 1.79 bits per heavy atom. The highest BCUT2D eigenvalue weighted by molar-refractivity contribution is 6.03. The molecule has 0 unspecified atom stereocenters. The van der Waals surface area contributed by atoms with Gasteiger partial charge in [-0.15, -0.1) is 0 Å². The van der Waals surface area contributed by atoms with Crippen molar-refractivity contribution in [3.05, 3.63) is 75.1 Å². The zero-order valence-electron chi connectivity index (χ0n) is 14.0. The Bertz CT molecular complexity index is 969. The van der Waals surface area contributed by atoms with Crippen LogP contribution in [0.25, 0.3) is 11.0 Å². The minimum absolute atomic E-state index is 0.0130. The number of nitrogens with one attached hydrogen (secondary N) is 1. The Morgan fingerprint density at radius 3 is 2.46 bits per heavy atom. The van der Waals surface area contributed by atoms with E-state index in [1.165, 1.54) is 11.6 Å². The lowest BCUT2D eigenvalue weighted by Gasteiger charge is -2.08. The Morgan fingerprint density at radius 1 is 1.08 bits per heavy atom. The van der Waals surface area contributed by atoms with Gasteiger partial charge in [0, 0.05) is 11.8 Å². The van der Waals surface area contributed by atoms with Crippen molar-refractivity contribution in [2.45, 2.75) is 27.2 Å². The van der Waals surface area contributed by atoms with Crippen LogP contribution in [0.15, 0.2) is 51.7 Å². The third-order valence-corrected chi connectivity index (χ3v) is 4.00. The molecule has 0 radical (unpaired) electrons. The predicted octanol–water partition coefficient (Wildman–Crippen LogP) is 4.22. The molecule has 0 aliphatic heterocycles. The van der Waals surface area contributed by atoms with Crippen LogP contribution < -0.4 is 10.7 Å². The van der Waals surface area contributed by atoms with Gasteiger partial charge < -0.3 is 9.73 Å². The molecule has 3 aromatic rings. The molecule has 4 nitrogen and oxygen atoms in total. The molecule has 0 saturated carbocycles. The van der Waals surface area contributed by atoms with Crippen LogP contribution in [0.5, 0.6) is 0 Å². The first kappa shape index (κ1) is 16.0. The molecule has 0 saturated heterocycles. The molecule has 3 rings (SSSR count). The lowest BCUT2D eigenvalue weighted by Crippen LogP contribution is -2.15. The van der Waals surface area contributed by atoms with Crippen molar-refractivity contribution in [3.63, 3.8) is 0 Å². The molecular formula is C20H19NO3. The summed E-state index contributed by atoms with van der Waals surface area (Å²) < 4.78 is 5.70. The number of hydrogen-bond donors (Lipinski definition) is 1. The van der Waals surface area contributed by atoms with Crippen LogP contribution in [0.3, 0.4) is 0 Å².